The van der Waals surface area contributed by atoms with Crippen molar-refractivity contribution in [3.63, 3.8) is 0 Å². The topological polar surface area (TPSA) is 132 Å². The molecule has 0 fully saturated rings. The van der Waals surface area contributed by atoms with Crippen LogP contribution in [0.3, 0.4) is 0 Å². The van der Waals surface area contributed by atoms with E-state index in [-0.39, 0.29) is 23.1 Å². The molecule has 2 aliphatic heterocycles. The molecule has 440 valence electrons. The maximum absolute atomic E-state index is 14.7. The van der Waals surface area contributed by atoms with E-state index in [1.165, 1.54) is 0 Å². The van der Waals surface area contributed by atoms with Crippen LogP contribution in [0.25, 0.3) is 79.8 Å². The minimum Gasteiger partial charge on any atom is -0.507 e. The molecule has 2 aromatic carbocycles. The van der Waals surface area contributed by atoms with Crippen LogP contribution < -0.4 is 10.4 Å². The predicted molar refractivity (Wildman–Crippen MR) is 354 cm³/mol. The summed E-state index contributed by atoms with van der Waals surface area (Å²) in [4.78, 5) is 48.8. The number of aromatic hydroxyl groups is 2. The van der Waals surface area contributed by atoms with Gasteiger partial charge in [0.25, 0.3) is 0 Å². The molecular formula is C76H92N4O4. The standard InChI is InChI=1S/C76H92N4O4/c1-69(2,3)45-33-41(34-46(65(45)81)70(4,5)6)61-53-25-27-55(77-53)62(42-35-47(71(7,8)9)66(82)48(36-42)72(10,11)12)57-29-31-59(79-57)64(44-39-51(75(19,20)21)68(84)52(40-44)76(22,23)24)60-32-30-58(80-60)63(56-28-26-54(61)78-56)43-37-49(73(13,14)15)67(83)50(38-43)74(16,17)18/h25-40,77-78,82-83H,1-24H3. The Kier molecular flexibility index (Phi) is 14.7. The predicted octanol–water partition coefficient (Wildman–Crippen LogP) is 17.9. The Morgan fingerprint density at radius 3 is 0.845 bits per heavy atom. The van der Waals surface area contributed by atoms with Gasteiger partial charge in [0.2, 0.25) is 0 Å². The Balaban J connectivity index is 1.63. The lowest BCUT2D eigenvalue weighted by molar-refractivity contribution is -0.114. The Bertz CT molecular complexity index is 3840. The van der Waals surface area contributed by atoms with E-state index in [9.17, 15) is 19.8 Å². The van der Waals surface area contributed by atoms with Gasteiger partial charge in [-0.2, -0.15) is 0 Å². The van der Waals surface area contributed by atoms with Crippen LogP contribution in [-0.2, 0) is 31.2 Å². The minimum absolute atomic E-state index is 0.0360. The zero-order valence-corrected chi connectivity index (χ0v) is 54.8. The largest absolute Gasteiger partial charge is 0.507 e. The van der Waals surface area contributed by atoms with Crippen LogP contribution in [0.4, 0.5) is 0 Å². The van der Waals surface area contributed by atoms with Gasteiger partial charge in [-0.25, -0.2) is 9.97 Å². The van der Waals surface area contributed by atoms with Gasteiger partial charge in [-0.1, -0.05) is 166 Å². The first-order valence-electron chi connectivity index (χ1n) is 30.0. The fourth-order valence-corrected chi connectivity index (χ4v) is 12.0. The number of nitrogens with zero attached hydrogens (tertiary/aromatic N) is 2. The molecule has 0 saturated carbocycles. The summed E-state index contributed by atoms with van der Waals surface area (Å²) in [6.07, 6.45) is 16.6. The Labute approximate surface area is 500 Å². The van der Waals surface area contributed by atoms with Gasteiger partial charge < -0.3 is 20.2 Å². The van der Waals surface area contributed by atoms with Gasteiger partial charge in [-0.15, -0.1) is 0 Å². The first-order chi connectivity index (χ1) is 38.3. The molecular weight excluding hydrogens is 1030 g/mol. The van der Waals surface area contributed by atoms with Gasteiger partial charge in [-0.3, -0.25) is 9.59 Å². The van der Waals surface area contributed by atoms with E-state index in [0.29, 0.717) is 33.9 Å². The van der Waals surface area contributed by atoms with Crippen molar-refractivity contribution in [1.82, 2.24) is 19.9 Å². The Morgan fingerprint density at radius 2 is 0.583 bits per heavy atom. The molecule has 5 aromatic rings. The number of Topliss-reactive ketones (excluding diaryl/α,β-unsaturated/α-hetero) is 2. The van der Waals surface area contributed by atoms with Crippen molar-refractivity contribution < 1.29 is 19.8 Å². The highest BCUT2D eigenvalue weighted by molar-refractivity contribution is 6.15. The molecule has 0 unspecified atom stereocenters. The fraction of sp³-hybridized carbons (Fsp3) is 0.421. The lowest BCUT2D eigenvalue weighted by Gasteiger charge is -2.31. The quantitative estimate of drug-likeness (QED) is 0.136. The summed E-state index contributed by atoms with van der Waals surface area (Å²) in [5.41, 5.74) is 13.7. The second-order valence-corrected chi connectivity index (χ2v) is 32.1. The summed E-state index contributed by atoms with van der Waals surface area (Å²) in [6.45, 7) is 50.8. The van der Waals surface area contributed by atoms with E-state index in [1.807, 2.05) is 0 Å². The summed E-state index contributed by atoms with van der Waals surface area (Å²) in [7, 11) is 0. The number of carbonyl (C=O) groups excluding carboxylic acids is 2. The molecule has 5 heterocycles. The molecule has 8 nitrogen and oxygen atoms in total. The van der Waals surface area contributed by atoms with Crippen LogP contribution in [0.5, 0.6) is 11.5 Å². The normalized spacial score (nSPS) is 15.9. The number of H-pyrrole nitrogens is 2. The van der Waals surface area contributed by atoms with Crippen molar-refractivity contribution in [2.45, 2.75) is 188 Å². The van der Waals surface area contributed by atoms with Crippen molar-refractivity contribution in [2.24, 2.45) is 21.7 Å². The zero-order chi connectivity index (χ0) is 62.3. The molecule has 0 spiro atoms. The second-order valence-electron chi connectivity index (χ2n) is 32.1. The molecule has 84 heavy (non-hydrogen) atoms. The van der Waals surface area contributed by atoms with Crippen molar-refractivity contribution in [3.05, 3.63) is 151 Å². The number of rotatable bonds is 2. The van der Waals surface area contributed by atoms with Crippen LogP contribution in [0.1, 0.15) is 211 Å². The number of benzene rings is 2. The highest BCUT2D eigenvalue weighted by atomic mass is 16.3. The van der Waals surface area contributed by atoms with Gasteiger partial charge in [0, 0.05) is 88.2 Å². The molecule has 8 heteroatoms. The third-order valence-corrected chi connectivity index (χ3v) is 16.8. The number of allylic oxidation sites excluding steroid dienone is 8. The number of aromatic nitrogens is 4. The minimum atomic E-state index is -0.488. The van der Waals surface area contributed by atoms with Crippen molar-refractivity contribution >= 4 is 69.1 Å². The van der Waals surface area contributed by atoms with Crippen LogP contribution in [0, 0.1) is 21.7 Å². The lowest BCUT2D eigenvalue weighted by atomic mass is 9.71. The molecule has 4 aliphatic rings. The molecule has 8 bridgehead atoms. The number of nitrogens with one attached hydrogen (secondary N) is 2. The van der Waals surface area contributed by atoms with E-state index in [2.05, 4.69) is 273 Å². The molecule has 4 N–H and O–H groups in total. The third kappa shape index (κ3) is 11.4. The smallest absolute Gasteiger partial charge is 0.186 e. The second kappa shape index (κ2) is 20.2. The van der Waals surface area contributed by atoms with Crippen LogP contribution in [0.15, 0.2) is 95.1 Å². The summed E-state index contributed by atoms with van der Waals surface area (Å²) in [6, 6.07) is 17.0. The zero-order valence-electron chi connectivity index (χ0n) is 54.8. The average Bonchev–Trinajstić information content (AvgIpc) is 2.66. The average molecular weight is 1130 g/mol. The first-order valence-corrected chi connectivity index (χ1v) is 30.0. The number of carbonyl (C=O) groups is 2. The van der Waals surface area contributed by atoms with Crippen molar-refractivity contribution in [2.75, 3.05) is 0 Å². The SMILES string of the molecule is CC(C)(C)C1=CC(=c2c3nc(c(-c4cc(C(C)(C)C)c(O)c(C(C)(C)C)c4)c4ccc([nH]4)c(=C4C=C(C(C)(C)C)C(=O)C(C(C)(C)C)=C4)c4ccc([nH]4)c(-c4cc(C(C)(C)C)c(O)c(C(C)(C)C)c4)c4nc2C=C4)C=C3)C=C(C(C)(C)C)C1=O. The highest BCUT2D eigenvalue weighted by Crippen LogP contribution is 2.47. The fourth-order valence-electron chi connectivity index (χ4n) is 12.0. The van der Waals surface area contributed by atoms with E-state index < -0.39 is 43.3 Å². The van der Waals surface area contributed by atoms with Gasteiger partial charge >= 0.3 is 0 Å². The molecule has 2 aliphatic carbocycles. The van der Waals surface area contributed by atoms with Crippen LogP contribution in [0.2, 0.25) is 0 Å². The highest BCUT2D eigenvalue weighted by Gasteiger charge is 2.37. The number of phenols is 2. The molecule has 0 amide bonds. The van der Waals surface area contributed by atoms with Gasteiger partial charge in [-0.05, 0) is 163 Å². The van der Waals surface area contributed by atoms with E-state index in [1.54, 1.807) is 0 Å². The summed E-state index contributed by atoms with van der Waals surface area (Å²) < 4.78 is 0. The first kappa shape index (κ1) is 61.2. The number of fused-ring (bicyclic) bond motifs is 8. The van der Waals surface area contributed by atoms with Crippen LogP contribution >= 0.6 is 0 Å². The Hall–Kier alpha value is -7.32. The molecule has 3 aromatic heterocycles. The number of hydrogen-bond donors (Lipinski definition) is 4. The maximum Gasteiger partial charge on any atom is 0.186 e. The van der Waals surface area contributed by atoms with Gasteiger partial charge in [0.15, 0.2) is 11.6 Å². The molecule has 0 atom stereocenters. The monoisotopic (exact) mass is 1120 g/mol. The van der Waals surface area contributed by atoms with Gasteiger partial charge in [0.1, 0.15) is 11.5 Å². The van der Waals surface area contributed by atoms with E-state index in [0.717, 1.165) is 99.3 Å². The van der Waals surface area contributed by atoms with Crippen LogP contribution in [-0.4, -0.2) is 41.7 Å². The summed E-state index contributed by atoms with van der Waals surface area (Å²) in [5.74, 6) is 0.654. The van der Waals surface area contributed by atoms with Gasteiger partial charge in [0.05, 0.1) is 22.8 Å². The number of ketones is 2. The lowest BCUT2D eigenvalue weighted by Crippen LogP contribution is -2.29. The van der Waals surface area contributed by atoms with E-state index in [4.69, 9.17) is 9.97 Å². The van der Waals surface area contributed by atoms with E-state index >= 15 is 0 Å². The van der Waals surface area contributed by atoms with Crippen molar-refractivity contribution in [3.8, 4) is 33.8 Å². The number of hydrogen-bond acceptors (Lipinski definition) is 6. The molecule has 9 rings (SSSR count). The summed E-state index contributed by atoms with van der Waals surface area (Å²) >= 11 is 0. The number of aromatic amines is 2. The van der Waals surface area contributed by atoms with Crippen molar-refractivity contribution in [1.29, 1.82) is 0 Å². The molecule has 0 saturated heterocycles. The molecule has 0 radical (unpaired) electrons. The number of phenolic OH excluding ortho intramolecular Hbond substituents is 2. The third-order valence-electron chi connectivity index (χ3n) is 16.8. The maximum atomic E-state index is 14.7. The summed E-state index contributed by atoms with van der Waals surface area (Å²) in [5, 5.41) is 26.1. The Morgan fingerprint density at radius 1 is 0.333 bits per heavy atom.